The van der Waals surface area contributed by atoms with E-state index in [4.69, 9.17) is 4.74 Å². The van der Waals surface area contributed by atoms with Crippen LogP contribution >= 0.6 is 12.6 Å². The van der Waals surface area contributed by atoms with Crippen molar-refractivity contribution in [3.05, 3.63) is 83.6 Å². The van der Waals surface area contributed by atoms with Gasteiger partial charge in [0.2, 0.25) is 0 Å². The minimum atomic E-state index is -0.406. The smallest absolute Gasteiger partial charge is 0.343 e. The van der Waals surface area contributed by atoms with E-state index >= 15 is 0 Å². The topological polar surface area (TPSA) is 52.1 Å². The molecule has 1 aromatic heterocycles. The molecular formula is C23H18N2O2S. The highest BCUT2D eigenvalue weighted by Gasteiger charge is 2.12. The van der Waals surface area contributed by atoms with Crippen LogP contribution in [0.2, 0.25) is 0 Å². The molecular weight excluding hydrogens is 368 g/mol. The molecule has 28 heavy (non-hydrogen) atoms. The summed E-state index contributed by atoms with van der Waals surface area (Å²) >= 11 is 4.42. The van der Waals surface area contributed by atoms with Gasteiger partial charge in [0.25, 0.3) is 0 Å². The van der Waals surface area contributed by atoms with Gasteiger partial charge in [-0.3, -0.25) is 4.98 Å². The Hall–Kier alpha value is -3.18. The molecule has 0 saturated heterocycles. The third kappa shape index (κ3) is 3.62. The number of para-hydroxylation sites is 2. The van der Waals surface area contributed by atoms with Crippen molar-refractivity contribution in [3.8, 4) is 17.0 Å². The van der Waals surface area contributed by atoms with Gasteiger partial charge in [0.1, 0.15) is 5.75 Å². The van der Waals surface area contributed by atoms with Crippen LogP contribution in [0, 0.1) is 13.8 Å². The molecule has 0 aliphatic heterocycles. The minimum Gasteiger partial charge on any atom is -0.423 e. The van der Waals surface area contributed by atoms with Gasteiger partial charge in [-0.15, -0.1) is 12.6 Å². The summed E-state index contributed by atoms with van der Waals surface area (Å²) in [7, 11) is 0. The lowest BCUT2D eigenvalue weighted by atomic mass is 10.1. The normalized spacial score (nSPS) is 10.8. The fraction of sp³-hybridized carbons (Fsp3) is 0.0870. The zero-order chi connectivity index (χ0) is 19.7. The summed E-state index contributed by atoms with van der Waals surface area (Å²) in [6.45, 7) is 3.92. The minimum absolute atomic E-state index is 0.406. The molecule has 0 saturated carbocycles. The Kier molecular flexibility index (Phi) is 4.84. The van der Waals surface area contributed by atoms with E-state index in [2.05, 4.69) is 22.6 Å². The first-order valence-corrected chi connectivity index (χ1v) is 9.30. The number of aryl methyl sites for hydroxylation is 1. The van der Waals surface area contributed by atoms with Crippen molar-refractivity contribution in [1.29, 1.82) is 0 Å². The number of esters is 1. The van der Waals surface area contributed by atoms with E-state index in [0.717, 1.165) is 38.3 Å². The second-order valence-corrected chi connectivity index (χ2v) is 7.08. The summed E-state index contributed by atoms with van der Waals surface area (Å²) in [5, 5.41) is 0. The van der Waals surface area contributed by atoms with Gasteiger partial charge < -0.3 is 4.74 Å². The number of hydrogen-bond acceptors (Lipinski definition) is 5. The van der Waals surface area contributed by atoms with Gasteiger partial charge in [-0.2, -0.15) is 0 Å². The summed E-state index contributed by atoms with van der Waals surface area (Å²) in [6, 6.07) is 18.5. The molecule has 1 heterocycles. The molecule has 0 radical (unpaired) electrons. The number of aromatic nitrogens is 2. The summed E-state index contributed by atoms with van der Waals surface area (Å²) in [5.74, 6) is 0.0677. The molecule has 0 spiro atoms. The summed E-state index contributed by atoms with van der Waals surface area (Å²) in [4.78, 5) is 22.3. The molecule has 4 nitrogen and oxygen atoms in total. The highest BCUT2D eigenvalue weighted by molar-refractivity contribution is 7.80. The summed E-state index contributed by atoms with van der Waals surface area (Å²) < 4.78 is 5.50. The molecule has 0 atom stereocenters. The van der Waals surface area contributed by atoms with Gasteiger partial charge in [0.15, 0.2) is 0 Å². The second kappa shape index (κ2) is 7.44. The Balaban J connectivity index is 1.55. The molecule has 5 heteroatoms. The molecule has 4 rings (SSSR count). The van der Waals surface area contributed by atoms with Crippen LogP contribution in [0.4, 0.5) is 0 Å². The van der Waals surface area contributed by atoms with E-state index in [-0.39, 0.29) is 0 Å². The van der Waals surface area contributed by atoms with Crippen molar-refractivity contribution in [2.75, 3.05) is 0 Å². The van der Waals surface area contributed by atoms with Crippen LogP contribution in [0.15, 0.2) is 71.8 Å². The lowest BCUT2D eigenvalue weighted by Crippen LogP contribution is -2.09. The molecule has 0 unspecified atom stereocenters. The number of carbonyl (C=O) groups is 1. The van der Waals surface area contributed by atoms with E-state index in [1.54, 1.807) is 24.4 Å². The molecule has 138 valence electrons. The first-order valence-electron chi connectivity index (χ1n) is 8.86. The summed E-state index contributed by atoms with van der Waals surface area (Å²) in [6.07, 6.45) is 1.74. The highest BCUT2D eigenvalue weighted by Crippen LogP contribution is 2.24. The van der Waals surface area contributed by atoms with Crippen molar-refractivity contribution in [2.45, 2.75) is 18.7 Å². The predicted octanol–water partition coefficient (Wildman–Crippen LogP) is 5.42. The second-order valence-electron chi connectivity index (χ2n) is 6.60. The number of benzene rings is 3. The summed E-state index contributed by atoms with van der Waals surface area (Å²) in [5.41, 5.74) is 5.91. The lowest BCUT2D eigenvalue weighted by Gasteiger charge is -2.09. The molecule has 0 aliphatic carbocycles. The first kappa shape index (κ1) is 18.2. The average Bonchev–Trinajstić information content (AvgIpc) is 2.71. The Morgan fingerprint density at radius 2 is 1.68 bits per heavy atom. The van der Waals surface area contributed by atoms with E-state index in [1.165, 1.54) is 0 Å². The van der Waals surface area contributed by atoms with Gasteiger partial charge >= 0.3 is 5.97 Å². The Labute approximate surface area is 168 Å². The van der Waals surface area contributed by atoms with Crippen LogP contribution in [-0.4, -0.2) is 15.9 Å². The van der Waals surface area contributed by atoms with Crippen LogP contribution in [0.1, 0.15) is 21.5 Å². The van der Waals surface area contributed by atoms with Crippen LogP contribution in [-0.2, 0) is 0 Å². The molecule has 0 aliphatic rings. The number of thiol groups is 1. The Morgan fingerprint density at radius 3 is 2.39 bits per heavy atom. The highest BCUT2D eigenvalue weighted by atomic mass is 32.1. The van der Waals surface area contributed by atoms with E-state index < -0.39 is 5.97 Å². The molecule has 3 aromatic carbocycles. The average molecular weight is 386 g/mol. The number of carbonyl (C=O) groups excluding carboxylic acids is 1. The maximum atomic E-state index is 12.5. The Morgan fingerprint density at radius 1 is 0.964 bits per heavy atom. The van der Waals surface area contributed by atoms with Gasteiger partial charge in [-0.25, -0.2) is 9.78 Å². The van der Waals surface area contributed by atoms with E-state index in [1.807, 2.05) is 56.3 Å². The quantitative estimate of drug-likeness (QED) is 0.290. The number of ether oxygens (including phenoxy) is 1. The van der Waals surface area contributed by atoms with Crippen molar-refractivity contribution in [3.63, 3.8) is 0 Å². The van der Waals surface area contributed by atoms with Crippen molar-refractivity contribution < 1.29 is 9.53 Å². The van der Waals surface area contributed by atoms with Crippen LogP contribution in [0.25, 0.3) is 22.3 Å². The van der Waals surface area contributed by atoms with E-state index in [9.17, 15) is 4.79 Å². The lowest BCUT2D eigenvalue weighted by molar-refractivity contribution is 0.0734. The SMILES string of the molecule is Cc1cc(C(=O)Oc2ccc(-c3cnc4ccccc4n3)cc2)cc(S)c1C. The van der Waals surface area contributed by atoms with Crippen molar-refractivity contribution >= 4 is 29.6 Å². The van der Waals surface area contributed by atoms with Crippen LogP contribution < -0.4 is 4.74 Å². The standard InChI is InChI=1S/C23H18N2O2S/c1-14-11-17(12-22(28)15(14)2)23(26)27-18-9-7-16(8-10-18)21-13-24-19-5-3-4-6-20(19)25-21/h3-13,28H,1-2H3. The predicted molar refractivity (Wildman–Crippen MR) is 113 cm³/mol. The zero-order valence-electron chi connectivity index (χ0n) is 15.5. The molecule has 0 bridgehead atoms. The van der Waals surface area contributed by atoms with Crippen LogP contribution in [0.5, 0.6) is 5.75 Å². The molecule has 0 amide bonds. The van der Waals surface area contributed by atoms with Gasteiger partial charge in [-0.1, -0.05) is 12.1 Å². The van der Waals surface area contributed by atoms with Crippen molar-refractivity contribution in [1.82, 2.24) is 9.97 Å². The van der Waals surface area contributed by atoms with Gasteiger partial charge in [0.05, 0.1) is 28.5 Å². The molecule has 0 N–H and O–H groups in total. The zero-order valence-corrected chi connectivity index (χ0v) is 16.4. The third-order valence-electron chi connectivity index (χ3n) is 4.68. The monoisotopic (exact) mass is 386 g/mol. The number of hydrogen-bond donors (Lipinski definition) is 1. The molecule has 0 fully saturated rings. The fourth-order valence-corrected chi connectivity index (χ4v) is 3.23. The molecule has 4 aromatic rings. The third-order valence-corrected chi connectivity index (χ3v) is 5.15. The van der Waals surface area contributed by atoms with Gasteiger partial charge in [-0.05, 0) is 73.5 Å². The first-order chi connectivity index (χ1) is 13.5. The van der Waals surface area contributed by atoms with Crippen molar-refractivity contribution in [2.24, 2.45) is 0 Å². The maximum absolute atomic E-state index is 12.5. The largest absolute Gasteiger partial charge is 0.423 e. The number of fused-ring (bicyclic) bond motifs is 1. The van der Waals surface area contributed by atoms with Crippen LogP contribution in [0.3, 0.4) is 0 Å². The van der Waals surface area contributed by atoms with E-state index in [0.29, 0.717) is 11.3 Å². The fourth-order valence-electron chi connectivity index (χ4n) is 2.91. The number of nitrogens with zero attached hydrogens (tertiary/aromatic N) is 2. The number of rotatable bonds is 3. The Bertz CT molecular complexity index is 1160. The van der Waals surface area contributed by atoms with Gasteiger partial charge in [0, 0.05) is 10.5 Å². The maximum Gasteiger partial charge on any atom is 0.343 e.